The predicted octanol–water partition coefficient (Wildman–Crippen LogP) is 3.37. The smallest absolute Gasteiger partial charge is 0.335 e. The number of aromatic carboxylic acids is 1. The lowest BCUT2D eigenvalue weighted by atomic mass is 9.99. The van der Waals surface area contributed by atoms with Crippen molar-refractivity contribution in [1.82, 2.24) is 0 Å². The quantitative estimate of drug-likeness (QED) is 0.848. The zero-order valence-electron chi connectivity index (χ0n) is 10.3. The molecule has 0 atom stereocenters. The summed E-state index contributed by atoms with van der Waals surface area (Å²) in [6.07, 6.45) is 0. The topological polar surface area (TPSA) is 57.5 Å². The fraction of sp³-hybridized carbons (Fsp3) is 0.133. The molecule has 3 heteroatoms. The second-order valence-electron chi connectivity index (χ2n) is 4.34. The van der Waals surface area contributed by atoms with Gasteiger partial charge in [-0.1, -0.05) is 18.2 Å². The molecule has 92 valence electrons. The predicted molar refractivity (Wildman–Crippen MR) is 70.0 cm³/mol. The fourth-order valence-corrected chi connectivity index (χ4v) is 1.82. The van der Waals surface area contributed by atoms with Gasteiger partial charge in [0.15, 0.2) is 0 Å². The Morgan fingerprint density at radius 3 is 2.28 bits per heavy atom. The van der Waals surface area contributed by atoms with Crippen LogP contribution in [0.5, 0.6) is 5.75 Å². The zero-order chi connectivity index (χ0) is 13.3. The molecule has 2 aromatic carbocycles. The second kappa shape index (κ2) is 4.53. The lowest BCUT2D eigenvalue weighted by molar-refractivity contribution is 0.0696. The standard InChI is InChI=1S/C15H14O3/c1-9-3-4-11(7-10(9)2)13-6-5-12(15(17)18)8-14(13)16/h3-8,16H,1-2H3,(H,17,18). The normalized spacial score (nSPS) is 10.3. The van der Waals surface area contributed by atoms with Gasteiger partial charge in [0.2, 0.25) is 0 Å². The Bertz CT molecular complexity index is 615. The molecule has 0 heterocycles. The van der Waals surface area contributed by atoms with Gasteiger partial charge in [0, 0.05) is 5.56 Å². The number of carboxylic acids is 1. The maximum absolute atomic E-state index is 10.8. The highest BCUT2D eigenvalue weighted by Gasteiger charge is 2.09. The van der Waals surface area contributed by atoms with Crippen molar-refractivity contribution in [3.8, 4) is 16.9 Å². The highest BCUT2D eigenvalue weighted by atomic mass is 16.4. The Labute approximate surface area is 105 Å². The molecule has 0 spiro atoms. The van der Waals surface area contributed by atoms with Crippen molar-refractivity contribution in [1.29, 1.82) is 0 Å². The van der Waals surface area contributed by atoms with Crippen LogP contribution in [0, 0.1) is 13.8 Å². The molecule has 0 saturated carbocycles. The molecule has 0 fully saturated rings. The van der Waals surface area contributed by atoms with Gasteiger partial charge in [-0.25, -0.2) is 4.79 Å². The number of hydrogen-bond acceptors (Lipinski definition) is 2. The lowest BCUT2D eigenvalue weighted by Crippen LogP contribution is -1.95. The minimum Gasteiger partial charge on any atom is -0.507 e. The van der Waals surface area contributed by atoms with Gasteiger partial charge in [0.25, 0.3) is 0 Å². The van der Waals surface area contributed by atoms with Gasteiger partial charge in [0.1, 0.15) is 5.75 Å². The van der Waals surface area contributed by atoms with Crippen molar-refractivity contribution < 1.29 is 15.0 Å². The van der Waals surface area contributed by atoms with E-state index in [1.165, 1.54) is 17.7 Å². The summed E-state index contributed by atoms with van der Waals surface area (Å²) in [5.74, 6) is -1.06. The Morgan fingerprint density at radius 1 is 1.00 bits per heavy atom. The van der Waals surface area contributed by atoms with E-state index in [0.29, 0.717) is 5.56 Å². The largest absolute Gasteiger partial charge is 0.507 e. The van der Waals surface area contributed by atoms with E-state index in [-0.39, 0.29) is 11.3 Å². The Morgan fingerprint density at radius 2 is 1.72 bits per heavy atom. The first-order chi connectivity index (χ1) is 8.49. The van der Waals surface area contributed by atoms with E-state index in [1.54, 1.807) is 6.07 Å². The van der Waals surface area contributed by atoms with E-state index in [9.17, 15) is 9.90 Å². The molecule has 0 radical (unpaired) electrons. The average Bonchev–Trinajstić information content (AvgIpc) is 2.32. The summed E-state index contributed by atoms with van der Waals surface area (Å²) in [5, 5.41) is 18.7. The number of phenols is 1. The van der Waals surface area contributed by atoms with Crippen LogP contribution < -0.4 is 0 Å². The fourth-order valence-electron chi connectivity index (χ4n) is 1.82. The van der Waals surface area contributed by atoms with Gasteiger partial charge < -0.3 is 10.2 Å². The molecule has 18 heavy (non-hydrogen) atoms. The Hall–Kier alpha value is -2.29. The number of carboxylic acid groups (broad SMARTS) is 1. The molecule has 2 rings (SSSR count). The van der Waals surface area contributed by atoms with Gasteiger partial charge in [-0.15, -0.1) is 0 Å². The van der Waals surface area contributed by atoms with Crippen LogP contribution >= 0.6 is 0 Å². The van der Waals surface area contributed by atoms with Crippen LogP contribution in [0.2, 0.25) is 0 Å². The molecule has 0 aliphatic rings. The number of aromatic hydroxyl groups is 1. The first kappa shape index (κ1) is 12.2. The number of carbonyl (C=O) groups is 1. The minimum atomic E-state index is -1.04. The molecule has 0 aliphatic carbocycles. The summed E-state index contributed by atoms with van der Waals surface area (Å²) in [7, 11) is 0. The van der Waals surface area contributed by atoms with Crippen LogP contribution in [0.4, 0.5) is 0 Å². The third kappa shape index (κ3) is 2.20. The van der Waals surface area contributed by atoms with Gasteiger partial charge in [-0.05, 0) is 48.7 Å². The van der Waals surface area contributed by atoms with E-state index < -0.39 is 5.97 Å². The Balaban J connectivity index is 2.51. The highest BCUT2D eigenvalue weighted by Crippen LogP contribution is 2.31. The van der Waals surface area contributed by atoms with Crippen LogP contribution in [-0.4, -0.2) is 16.2 Å². The molecule has 0 aliphatic heterocycles. The lowest BCUT2D eigenvalue weighted by Gasteiger charge is -2.08. The van der Waals surface area contributed by atoms with E-state index in [1.807, 2.05) is 32.0 Å². The maximum Gasteiger partial charge on any atom is 0.335 e. The van der Waals surface area contributed by atoms with Crippen molar-refractivity contribution in [2.45, 2.75) is 13.8 Å². The molecular formula is C15H14O3. The Kier molecular flexibility index (Phi) is 3.06. The molecule has 2 N–H and O–H groups in total. The van der Waals surface area contributed by atoms with E-state index in [4.69, 9.17) is 5.11 Å². The van der Waals surface area contributed by atoms with Crippen LogP contribution in [0.15, 0.2) is 36.4 Å². The van der Waals surface area contributed by atoms with E-state index in [2.05, 4.69) is 0 Å². The van der Waals surface area contributed by atoms with Gasteiger partial charge >= 0.3 is 5.97 Å². The summed E-state index contributed by atoms with van der Waals surface area (Å²) in [5.41, 5.74) is 3.92. The second-order valence-corrected chi connectivity index (χ2v) is 4.34. The summed E-state index contributed by atoms with van der Waals surface area (Å²) in [6.45, 7) is 4.02. The first-order valence-corrected chi connectivity index (χ1v) is 5.63. The molecule has 0 amide bonds. The number of rotatable bonds is 2. The van der Waals surface area contributed by atoms with Gasteiger partial charge in [0.05, 0.1) is 5.56 Å². The number of phenolic OH excluding ortho intramolecular Hbond substituents is 1. The van der Waals surface area contributed by atoms with Crippen LogP contribution in [0.3, 0.4) is 0 Å². The number of aryl methyl sites for hydroxylation is 2. The third-order valence-corrected chi connectivity index (χ3v) is 3.06. The monoisotopic (exact) mass is 242 g/mol. The minimum absolute atomic E-state index is 0.0156. The summed E-state index contributed by atoms with van der Waals surface area (Å²) in [4.78, 5) is 10.8. The highest BCUT2D eigenvalue weighted by molar-refractivity contribution is 5.89. The maximum atomic E-state index is 10.8. The first-order valence-electron chi connectivity index (χ1n) is 5.63. The molecular weight excluding hydrogens is 228 g/mol. The van der Waals surface area contributed by atoms with Crippen LogP contribution in [0.25, 0.3) is 11.1 Å². The number of hydrogen-bond donors (Lipinski definition) is 2. The van der Waals surface area contributed by atoms with E-state index >= 15 is 0 Å². The average molecular weight is 242 g/mol. The van der Waals surface area contributed by atoms with Gasteiger partial charge in [-0.3, -0.25) is 0 Å². The SMILES string of the molecule is Cc1ccc(-c2ccc(C(=O)O)cc2O)cc1C. The van der Waals surface area contributed by atoms with Crippen molar-refractivity contribution in [2.75, 3.05) is 0 Å². The molecule has 0 aromatic heterocycles. The van der Waals surface area contributed by atoms with Crippen molar-refractivity contribution >= 4 is 5.97 Å². The summed E-state index contributed by atoms with van der Waals surface area (Å²) in [6, 6.07) is 10.3. The summed E-state index contributed by atoms with van der Waals surface area (Å²) >= 11 is 0. The van der Waals surface area contributed by atoms with Crippen molar-refractivity contribution in [2.24, 2.45) is 0 Å². The zero-order valence-corrected chi connectivity index (χ0v) is 10.3. The molecule has 0 saturated heterocycles. The number of benzene rings is 2. The third-order valence-electron chi connectivity index (χ3n) is 3.06. The molecule has 2 aromatic rings. The van der Waals surface area contributed by atoms with Gasteiger partial charge in [-0.2, -0.15) is 0 Å². The van der Waals surface area contributed by atoms with E-state index in [0.717, 1.165) is 11.1 Å². The summed E-state index contributed by atoms with van der Waals surface area (Å²) < 4.78 is 0. The van der Waals surface area contributed by atoms with Crippen LogP contribution in [0.1, 0.15) is 21.5 Å². The van der Waals surface area contributed by atoms with Crippen molar-refractivity contribution in [3.63, 3.8) is 0 Å². The van der Waals surface area contributed by atoms with Crippen molar-refractivity contribution in [3.05, 3.63) is 53.1 Å². The van der Waals surface area contributed by atoms with Crippen LogP contribution in [-0.2, 0) is 0 Å². The molecule has 0 unspecified atom stereocenters. The molecule has 3 nitrogen and oxygen atoms in total. The molecule has 0 bridgehead atoms.